The van der Waals surface area contributed by atoms with Crippen LogP contribution in [0.3, 0.4) is 0 Å². The molecule has 1 aromatic rings. The van der Waals surface area contributed by atoms with Crippen molar-refractivity contribution < 1.29 is 9.13 Å². The summed E-state index contributed by atoms with van der Waals surface area (Å²) in [5.74, 6) is 1.34. The van der Waals surface area contributed by atoms with Gasteiger partial charge in [0.1, 0.15) is 5.82 Å². The van der Waals surface area contributed by atoms with Crippen LogP contribution in [0.15, 0.2) is 18.2 Å². The van der Waals surface area contributed by atoms with Gasteiger partial charge in [0.25, 0.3) is 0 Å². The van der Waals surface area contributed by atoms with Crippen LogP contribution in [0.2, 0.25) is 0 Å². The Morgan fingerprint density at radius 3 is 2.63 bits per heavy atom. The summed E-state index contributed by atoms with van der Waals surface area (Å²) in [4.78, 5) is 0. The quantitative estimate of drug-likeness (QED) is 0.511. The van der Waals surface area contributed by atoms with E-state index < -0.39 is 0 Å². The molecule has 0 saturated heterocycles. The normalized spacial score (nSPS) is 23.5. The molecule has 1 nitrogen and oxygen atoms in total. The highest BCUT2D eigenvalue weighted by molar-refractivity contribution is 14.1. The minimum Gasteiger partial charge on any atom is -0.385 e. The van der Waals surface area contributed by atoms with E-state index in [2.05, 4.69) is 6.07 Å². The molecular weight excluding hydrogens is 354 g/mol. The van der Waals surface area contributed by atoms with Crippen molar-refractivity contribution in [3.63, 3.8) is 0 Å². The van der Waals surface area contributed by atoms with Crippen molar-refractivity contribution in [1.29, 1.82) is 0 Å². The molecule has 0 spiro atoms. The fourth-order valence-corrected chi connectivity index (χ4v) is 3.40. The Balaban J connectivity index is 1.84. The number of hydrogen-bond acceptors (Lipinski definition) is 1. The first-order chi connectivity index (χ1) is 9.20. The molecule has 19 heavy (non-hydrogen) atoms. The first-order valence-corrected chi connectivity index (χ1v) is 8.22. The van der Waals surface area contributed by atoms with Crippen molar-refractivity contribution in [2.24, 2.45) is 5.92 Å². The predicted molar refractivity (Wildman–Crippen MR) is 84.9 cm³/mol. The zero-order chi connectivity index (χ0) is 13.7. The van der Waals surface area contributed by atoms with Gasteiger partial charge in [-0.25, -0.2) is 4.39 Å². The number of rotatable bonds is 5. The summed E-state index contributed by atoms with van der Waals surface area (Å²) in [6, 6.07) is 5.73. The SMILES string of the molecule is COCCCC1CCC(c2ccc(I)c(F)c2)CC1. The number of methoxy groups -OCH3 is 1. The van der Waals surface area contributed by atoms with Crippen LogP contribution in [0, 0.1) is 15.3 Å². The topological polar surface area (TPSA) is 9.23 Å². The third-order valence-corrected chi connectivity index (χ3v) is 5.10. The fourth-order valence-electron chi connectivity index (χ4n) is 3.07. The van der Waals surface area contributed by atoms with E-state index in [-0.39, 0.29) is 5.82 Å². The smallest absolute Gasteiger partial charge is 0.136 e. The maximum absolute atomic E-state index is 13.6. The second-order valence-corrected chi connectivity index (χ2v) is 6.69. The Labute approximate surface area is 129 Å². The van der Waals surface area contributed by atoms with Crippen molar-refractivity contribution in [2.75, 3.05) is 13.7 Å². The van der Waals surface area contributed by atoms with E-state index in [9.17, 15) is 4.39 Å². The molecule has 2 rings (SSSR count). The summed E-state index contributed by atoms with van der Waals surface area (Å²) in [5.41, 5.74) is 1.19. The molecule has 0 radical (unpaired) electrons. The van der Waals surface area contributed by atoms with Crippen molar-refractivity contribution in [3.8, 4) is 0 Å². The third-order valence-electron chi connectivity index (χ3n) is 4.22. The van der Waals surface area contributed by atoms with Gasteiger partial charge in [0.05, 0.1) is 0 Å². The molecule has 0 unspecified atom stereocenters. The molecule has 1 aliphatic rings. The van der Waals surface area contributed by atoms with Crippen LogP contribution in [0.5, 0.6) is 0 Å². The summed E-state index contributed by atoms with van der Waals surface area (Å²) >= 11 is 2.05. The molecule has 1 fully saturated rings. The van der Waals surface area contributed by atoms with Gasteiger partial charge in [-0.05, 0) is 90.6 Å². The fraction of sp³-hybridized carbons (Fsp3) is 0.625. The number of hydrogen-bond donors (Lipinski definition) is 0. The number of benzene rings is 1. The third kappa shape index (κ3) is 4.42. The summed E-state index contributed by atoms with van der Waals surface area (Å²) < 4.78 is 19.4. The Hall–Kier alpha value is -0.160. The lowest BCUT2D eigenvalue weighted by Gasteiger charge is -2.29. The minimum absolute atomic E-state index is 0.0691. The molecule has 106 valence electrons. The van der Waals surface area contributed by atoms with Crippen LogP contribution in [0.4, 0.5) is 4.39 Å². The number of halogens is 2. The second-order valence-electron chi connectivity index (χ2n) is 5.53. The van der Waals surface area contributed by atoms with Crippen LogP contribution >= 0.6 is 22.6 Å². The van der Waals surface area contributed by atoms with E-state index in [0.29, 0.717) is 5.92 Å². The molecule has 0 bridgehead atoms. The van der Waals surface area contributed by atoms with Gasteiger partial charge in [0.2, 0.25) is 0 Å². The van der Waals surface area contributed by atoms with Crippen LogP contribution in [0.25, 0.3) is 0 Å². The Morgan fingerprint density at radius 2 is 2.00 bits per heavy atom. The van der Waals surface area contributed by atoms with Gasteiger partial charge in [-0.2, -0.15) is 0 Å². The summed E-state index contributed by atoms with van der Waals surface area (Å²) in [6.45, 7) is 0.877. The van der Waals surface area contributed by atoms with Gasteiger partial charge in [-0.1, -0.05) is 6.07 Å². The molecule has 1 aliphatic carbocycles. The highest BCUT2D eigenvalue weighted by Gasteiger charge is 2.22. The van der Waals surface area contributed by atoms with E-state index >= 15 is 0 Å². The van der Waals surface area contributed by atoms with Crippen LogP contribution in [-0.4, -0.2) is 13.7 Å². The summed E-state index contributed by atoms with van der Waals surface area (Å²) in [7, 11) is 1.77. The van der Waals surface area contributed by atoms with Crippen molar-refractivity contribution in [3.05, 3.63) is 33.1 Å². The lowest BCUT2D eigenvalue weighted by molar-refractivity contribution is 0.180. The largest absolute Gasteiger partial charge is 0.385 e. The van der Waals surface area contributed by atoms with Crippen molar-refractivity contribution in [1.82, 2.24) is 0 Å². The number of ether oxygens (including phenoxy) is 1. The molecule has 1 saturated carbocycles. The van der Waals surface area contributed by atoms with E-state index in [1.165, 1.54) is 44.1 Å². The van der Waals surface area contributed by atoms with Gasteiger partial charge < -0.3 is 4.74 Å². The Morgan fingerprint density at radius 1 is 1.26 bits per heavy atom. The predicted octanol–water partition coefficient (Wildman–Crippen LogP) is 5.13. The maximum atomic E-state index is 13.6. The van der Waals surface area contributed by atoms with E-state index in [4.69, 9.17) is 4.74 Å². The van der Waals surface area contributed by atoms with Gasteiger partial charge >= 0.3 is 0 Å². The maximum Gasteiger partial charge on any atom is 0.136 e. The molecule has 0 atom stereocenters. The highest BCUT2D eigenvalue weighted by Crippen LogP contribution is 2.37. The van der Waals surface area contributed by atoms with Gasteiger partial charge in [0.15, 0.2) is 0 Å². The molecule has 0 amide bonds. The molecule has 0 N–H and O–H groups in total. The van der Waals surface area contributed by atoms with Crippen molar-refractivity contribution in [2.45, 2.75) is 44.4 Å². The van der Waals surface area contributed by atoms with E-state index in [1.54, 1.807) is 13.2 Å². The van der Waals surface area contributed by atoms with Gasteiger partial charge in [0, 0.05) is 17.3 Å². The molecular formula is C16H22FIO. The molecule has 1 aromatic carbocycles. The van der Waals surface area contributed by atoms with Gasteiger partial charge in [-0.3, -0.25) is 0 Å². The van der Waals surface area contributed by atoms with E-state index in [1.807, 2.05) is 28.7 Å². The van der Waals surface area contributed by atoms with Gasteiger partial charge in [-0.15, -0.1) is 0 Å². The average molecular weight is 376 g/mol. The average Bonchev–Trinajstić information content (AvgIpc) is 2.43. The minimum atomic E-state index is -0.0691. The summed E-state index contributed by atoms with van der Waals surface area (Å²) in [5, 5.41) is 0. The first-order valence-electron chi connectivity index (χ1n) is 7.14. The lowest BCUT2D eigenvalue weighted by Crippen LogP contribution is -2.14. The van der Waals surface area contributed by atoms with Crippen LogP contribution < -0.4 is 0 Å². The van der Waals surface area contributed by atoms with Crippen LogP contribution in [-0.2, 0) is 4.74 Å². The monoisotopic (exact) mass is 376 g/mol. The zero-order valence-corrected chi connectivity index (χ0v) is 13.7. The molecule has 0 aromatic heterocycles. The van der Waals surface area contributed by atoms with Crippen molar-refractivity contribution >= 4 is 22.6 Å². The zero-order valence-electron chi connectivity index (χ0n) is 11.5. The Bertz CT molecular complexity index is 400. The Kier molecular flexibility index (Phi) is 6.07. The first kappa shape index (κ1) is 15.2. The molecule has 3 heteroatoms. The lowest BCUT2D eigenvalue weighted by atomic mass is 9.77. The standard InChI is InChI=1S/C16H22FIO/c1-19-10-2-3-12-4-6-13(7-5-12)14-8-9-16(18)15(17)11-14/h8-9,11-13H,2-7,10H2,1H3. The van der Waals surface area contributed by atoms with E-state index in [0.717, 1.165) is 16.1 Å². The molecule has 0 heterocycles. The molecule has 0 aliphatic heterocycles. The highest BCUT2D eigenvalue weighted by atomic mass is 127. The van der Waals surface area contributed by atoms with Crippen LogP contribution in [0.1, 0.15) is 50.0 Å². The summed E-state index contributed by atoms with van der Waals surface area (Å²) in [6.07, 6.45) is 7.42. The second kappa shape index (κ2) is 7.58.